The van der Waals surface area contributed by atoms with Gasteiger partial charge in [-0.15, -0.1) is 0 Å². The van der Waals surface area contributed by atoms with Gasteiger partial charge in [0.15, 0.2) is 0 Å². The minimum atomic E-state index is 0.213. The summed E-state index contributed by atoms with van der Waals surface area (Å²) in [6.45, 7) is 10.5. The molecule has 3 nitrogen and oxygen atoms in total. The van der Waals surface area contributed by atoms with Crippen molar-refractivity contribution in [3.63, 3.8) is 0 Å². The van der Waals surface area contributed by atoms with Crippen molar-refractivity contribution in [2.75, 3.05) is 11.9 Å². The Morgan fingerprint density at radius 2 is 1.79 bits per heavy atom. The number of nitrogens with one attached hydrogen (secondary N) is 1. The lowest BCUT2D eigenvalue weighted by Crippen LogP contribution is -2.46. The van der Waals surface area contributed by atoms with Gasteiger partial charge in [0.1, 0.15) is 5.82 Å². The van der Waals surface area contributed by atoms with Crippen LogP contribution in [0.3, 0.4) is 0 Å². The summed E-state index contributed by atoms with van der Waals surface area (Å²) < 4.78 is 0. The number of rotatable bonds is 2. The van der Waals surface area contributed by atoms with Crippen molar-refractivity contribution in [2.45, 2.75) is 51.7 Å². The monoisotopic (exact) mass is 321 g/mol. The van der Waals surface area contributed by atoms with Crippen molar-refractivity contribution in [3.05, 3.63) is 59.8 Å². The first kappa shape index (κ1) is 15.6. The molecule has 126 valence electrons. The Bertz CT molecular complexity index is 719. The van der Waals surface area contributed by atoms with E-state index in [1.54, 1.807) is 0 Å². The summed E-state index contributed by atoms with van der Waals surface area (Å²) in [7, 11) is 0. The van der Waals surface area contributed by atoms with Gasteiger partial charge in [-0.05, 0) is 23.6 Å². The lowest BCUT2D eigenvalue weighted by molar-refractivity contribution is 0.114. The number of fused-ring (bicyclic) bond motifs is 3. The highest BCUT2D eigenvalue weighted by Crippen LogP contribution is 2.56. The van der Waals surface area contributed by atoms with E-state index in [2.05, 4.69) is 85.4 Å². The SMILES string of the molecule is CCN1C2Nc3ncccc3C2C(c2ccccc2)C1C(C)(C)C. The van der Waals surface area contributed by atoms with Gasteiger partial charge in [0, 0.05) is 29.6 Å². The fraction of sp³-hybridized carbons (Fsp3) is 0.476. The molecule has 0 bridgehead atoms. The highest BCUT2D eigenvalue weighted by atomic mass is 15.4. The first-order valence-electron chi connectivity index (χ1n) is 9.04. The Labute approximate surface area is 145 Å². The number of benzene rings is 1. The van der Waals surface area contributed by atoms with Crippen LogP contribution < -0.4 is 5.32 Å². The van der Waals surface area contributed by atoms with Gasteiger partial charge in [-0.25, -0.2) is 4.98 Å². The lowest BCUT2D eigenvalue weighted by atomic mass is 9.72. The maximum Gasteiger partial charge on any atom is 0.130 e. The van der Waals surface area contributed by atoms with E-state index < -0.39 is 0 Å². The first-order valence-corrected chi connectivity index (χ1v) is 9.04. The van der Waals surface area contributed by atoms with E-state index in [1.165, 1.54) is 11.1 Å². The number of aromatic nitrogens is 1. The molecule has 2 aliphatic rings. The molecule has 0 amide bonds. The Hall–Kier alpha value is -1.87. The van der Waals surface area contributed by atoms with Gasteiger partial charge in [-0.3, -0.25) is 4.90 Å². The van der Waals surface area contributed by atoms with Crippen LogP contribution in [0.4, 0.5) is 5.82 Å². The average molecular weight is 321 g/mol. The van der Waals surface area contributed by atoms with E-state index >= 15 is 0 Å². The van der Waals surface area contributed by atoms with Crippen molar-refractivity contribution in [1.29, 1.82) is 0 Å². The third-order valence-corrected chi connectivity index (χ3v) is 5.70. The number of hydrogen-bond acceptors (Lipinski definition) is 3. The topological polar surface area (TPSA) is 28.2 Å². The summed E-state index contributed by atoms with van der Waals surface area (Å²) in [4.78, 5) is 7.24. The highest BCUT2D eigenvalue weighted by molar-refractivity contribution is 5.57. The van der Waals surface area contributed by atoms with E-state index in [1.807, 2.05) is 6.20 Å². The van der Waals surface area contributed by atoms with Gasteiger partial charge in [-0.1, -0.05) is 64.1 Å². The Morgan fingerprint density at radius 3 is 2.46 bits per heavy atom. The molecule has 0 aliphatic carbocycles. The van der Waals surface area contributed by atoms with E-state index in [0.717, 1.165) is 12.4 Å². The molecule has 1 fully saturated rings. The lowest BCUT2D eigenvalue weighted by Gasteiger charge is -2.40. The predicted molar refractivity (Wildman–Crippen MR) is 99.2 cm³/mol. The van der Waals surface area contributed by atoms with E-state index in [4.69, 9.17) is 0 Å². The molecule has 1 aromatic carbocycles. The molecule has 24 heavy (non-hydrogen) atoms. The fourth-order valence-electron chi connectivity index (χ4n) is 4.96. The van der Waals surface area contributed by atoms with Gasteiger partial charge in [0.25, 0.3) is 0 Å². The van der Waals surface area contributed by atoms with Crippen molar-refractivity contribution < 1.29 is 0 Å². The Morgan fingerprint density at radius 1 is 1.04 bits per heavy atom. The van der Waals surface area contributed by atoms with Gasteiger partial charge in [0.05, 0.1) is 6.17 Å². The smallest absolute Gasteiger partial charge is 0.130 e. The molecule has 4 atom stereocenters. The van der Waals surface area contributed by atoms with Gasteiger partial charge >= 0.3 is 0 Å². The normalized spacial score (nSPS) is 29.2. The fourth-order valence-corrected chi connectivity index (χ4v) is 4.96. The molecule has 1 saturated heterocycles. The first-order chi connectivity index (χ1) is 11.5. The van der Waals surface area contributed by atoms with Crippen LogP contribution in [-0.2, 0) is 0 Å². The van der Waals surface area contributed by atoms with Gasteiger partial charge < -0.3 is 5.32 Å². The van der Waals surface area contributed by atoms with E-state index in [0.29, 0.717) is 24.0 Å². The largest absolute Gasteiger partial charge is 0.354 e. The molecule has 3 heteroatoms. The summed E-state index contributed by atoms with van der Waals surface area (Å²) >= 11 is 0. The second-order valence-corrected chi connectivity index (χ2v) is 8.13. The van der Waals surface area contributed by atoms with Crippen LogP contribution in [-0.4, -0.2) is 28.6 Å². The van der Waals surface area contributed by atoms with Gasteiger partial charge in [0.2, 0.25) is 0 Å². The summed E-state index contributed by atoms with van der Waals surface area (Å²) in [5, 5.41) is 3.71. The third-order valence-electron chi connectivity index (χ3n) is 5.70. The van der Waals surface area contributed by atoms with Gasteiger partial charge in [-0.2, -0.15) is 0 Å². The molecular formula is C21H27N3. The number of nitrogens with zero attached hydrogens (tertiary/aromatic N) is 2. The Kier molecular flexibility index (Phi) is 3.65. The van der Waals surface area contributed by atoms with Crippen LogP contribution in [0.25, 0.3) is 0 Å². The highest BCUT2D eigenvalue weighted by Gasteiger charge is 2.56. The predicted octanol–water partition coefficient (Wildman–Crippen LogP) is 4.45. The summed E-state index contributed by atoms with van der Waals surface area (Å²) in [5.41, 5.74) is 3.04. The molecule has 0 saturated carbocycles. The molecule has 4 unspecified atom stereocenters. The maximum atomic E-state index is 4.59. The van der Waals surface area contributed by atoms with Crippen molar-refractivity contribution in [2.24, 2.45) is 5.41 Å². The second-order valence-electron chi connectivity index (χ2n) is 8.13. The van der Waals surface area contributed by atoms with E-state index in [9.17, 15) is 0 Å². The Balaban J connectivity index is 1.88. The molecule has 3 heterocycles. The van der Waals surface area contributed by atoms with Crippen LogP contribution in [0.1, 0.15) is 50.7 Å². The molecule has 1 N–H and O–H groups in total. The quantitative estimate of drug-likeness (QED) is 0.885. The van der Waals surface area contributed by atoms with Crippen molar-refractivity contribution >= 4 is 5.82 Å². The van der Waals surface area contributed by atoms with Crippen molar-refractivity contribution in [1.82, 2.24) is 9.88 Å². The standard InChI is InChI=1S/C21H27N3/c1-5-24-18(21(2,3)4)16(14-10-7-6-8-11-14)17-15-12-9-13-22-19(15)23-20(17)24/h6-13,16-18,20H,5H2,1-4H3,(H,22,23). The molecular weight excluding hydrogens is 294 g/mol. The minimum Gasteiger partial charge on any atom is -0.354 e. The number of likely N-dealkylation sites (tertiary alicyclic amines) is 1. The average Bonchev–Trinajstić information content (AvgIpc) is 3.09. The van der Waals surface area contributed by atoms with Crippen LogP contribution in [0.15, 0.2) is 48.7 Å². The zero-order chi connectivity index (χ0) is 16.9. The van der Waals surface area contributed by atoms with E-state index in [-0.39, 0.29) is 5.41 Å². The second kappa shape index (κ2) is 5.59. The summed E-state index contributed by atoms with van der Waals surface area (Å²) in [5.74, 6) is 2.01. The summed E-state index contributed by atoms with van der Waals surface area (Å²) in [6, 6.07) is 15.9. The van der Waals surface area contributed by atoms with Crippen LogP contribution in [0.5, 0.6) is 0 Å². The molecule has 0 spiro atoms. The van der Waals surface area contributed by atoms with Crippen LogP contribution >= 0.6 is 0 Å². The minimum absolute atomic E-state index is 0.213. The van der Waals surface area contributed by atoms with Crippen LogP contribution in [0, 0.1) is 5.41 Å². The number of anilines is 1. The molecule has 0 radical (unpaired) electrons. The molecule has 2 aromatic rings. The molecule has 2 aliphatic heterocycles. The zero-order valence-electron chi connectivity index (χ0n) is 15.0. The van der Waals surface area contributed by atoms with Crippen LogP contribution in [0.2, 0.25) is 0 Å². The van der Waals surface area contributed by atoms with Crippen molar-refractivity contribution in [3.8, 4) is 0 Å². The molecule has 4 rings (SSSR count). The summed E-state index contributed by atoms with van der Waals surface area (Å²) in [6.07, 6.45) is 2.23. The number of hydrogen-bond donors (Lipinski definition) is 1. The number of likely N-dealkylation sites (N-methyl/N-ethyl adjacent to an activating group) is 1. The number of pyridine rings is 1. The molecule has 1 aromatic heterocycles. The third kappa shape index (κ3) is 2.26. The maximum absolute atomic E-state index is 4.59. The zero-order valence-corrected chi connectivity index (χ0v) is 15.0.